The first-order chi connectivity index (χ1) is 9.08. The maximum absolute atomic E-state index is 12.6. The van der Waals surface area contributed by atoms with Gasteiger partial charge in [0.15, 0.2) is 0 Å². The van der Waals surface area contributed by atoms with Crippen LogP contribution in [-0.4, -0.2) is 22.2 Å². The van der Waals surface area contributed by atoms with Crippen molar-refractivity contribution in [3.8, 4) is 0 Å². The molecule has 0 N–H and O–H groups in total. The van der Waals surface area contributed by atoms with E-state index in [0.29, 0.717) is 12.2 Å². The molecule has 2 aromatic rings. The number of benzene rings is 1. The lowest BCUT2D eigenvalue weighted by atomic mass is 10.0. The number of rotatable bonds is 1. The zero-order valence-corrected chi connectivity index (χ0v) is 12.4. The number of aryl methyl sites for hydroxylation is 2. The van der Waals surface area contributed by atoms with Crippen LogP contribution in [0.1, 0.15) is 21.6 Å². The van der Waals surface area contributed by atoms with E-state index in [9.17, 15) is 4.79 Å². The van der Waals surface area contributed by atoms with Gasteiger partial charge in [-0.2, -0.15) is 5.10 Å². The summed E-state index contributed by atoms with van der Waals surface area (Å²) < 4.78 is 2.69. The van der Waals surface area contributed by atoms with E-state index in [4.69, 9.17) is 0 Å². The molecule has 19 heavy (non-hydrogen) atoms. The molecule has 1 aromatic carbocycles. The van der Waals surface area contributed by atoms with E-state index >= 15 is 0 Å². The lowest BCUT2D eigenvalue weighted by molar-refractivity contribution is 0.0971. The van der Waals surface area contributed by atoms with E-state index in [-0.39, 0.29) is 5.91 Å². The minimum absolute atomic E-state index is 0.0340. The van der Waals surface area contributed by atoms with Crippen molar-refractivity contribution < 1.29 is 4.79 Å². The molecule has 3 rings (SSSR count). The van der Waals surface area contributed by atoms with Crippen LogP contribution in [0.2, 0.25) is 0 Å². The zero-order valence-electron chi connectivity index (χ0n) is 10.9. The van der Waals surface area contributed by atoms with Crippen molar-refractivity contribution in [2.24, 2.45) is 7.05 Å². The molecule has 1 aliphatic heterocycles. The molecule has 1 aliphatic rings. The highest BCUT2D eigenvalue weighted by Gasteiger charge is 2.29. The van der Waals surface area contributed by atoms with Crippen molar-refractivity contribution in [1.29, 1.82) is 0 Å². The second kappa shape index (κ2) is 4.49. The summed E-state index contributed by atoms with van der Waals surface area (Å²) >= 11 is 3.45. The van der Waals surface area contributed by atoms with E-state index in [1.54, 1.807) is 10.9 Å². The summed E-state index contributed by atoms with van der Waals surface area (Å²) in [5.74, 6) is 0.0340. The average Bonchev–Trinajstić information content (AvgIpc) is 2.73. The third-order valence-corrected chi connectivity index (χ3v) is 4.01. The standard InChI is InChI=1S/C14H14BrN3O/c1-9-7-11(15)3-4-12(9)18-6-5-10-8-16-17(2)13(10)14(18)19/h3-4,7-8H,5-6H2,1-2H3. The second-order valence-corrected chi connectivity index (χ2v) is 5.70. The smallest absolute Gasteiger partial charge is 0.276 e. The van der Waals surface area contributed by atoms with E-state index in [2.05, 4.69) is 21.0 Å². The number of carbonyl (C=O) groups is 1. The highest BCUT2D eigenvalue weighted by molar-refractivity contribution is 9.10. The maximum atomic E-state index is 12.6. The fourth-order valence-corrected chi connectivity index (χ4v) is 3.03. The van der Waals surface area contributed by atoms with Gasteiger partial charge in [0, 0.05) is 29.3 Å². The molecule has 0 saturated heterocycles. The van der Waals surface area contributed by atoms with Crippen molar-refractivity contribution in [3.05, 3.63) is 45.7 Å². The molecule has 0 fully saturated rings. The van der Waals surface area contributed by atoms with Crippen LogP contribution in [0.5, 0.6) is 0 Å². The molecule has 0 saturated carbocycles. The van der Waals surface area contributed by atoms with Gasteiger partial charge in [0.2, 0.25) is 0 Å². The monoisotopic (exact) mass is 319 g/mol. The number of anilines is 1. The Balaban J connectivity index is 2.04. The number of aromatic nitrogens is 2. The first kappa shape index (κ1) is 12.4. The lowest BCUT2D eigenvalue weighted by Gasteiger charge is -2.28. The van der Waals surface area contributed by atoms with Crippen LogP contribution in [-0.2, 0) is 13.5 Å². The van der Waals surface area contributed by atoms with Crippen LogP contribution in [0.25, 0.3) is 0 Å². The Hall–Kier alpha value is -1.62. The predicted octanol–water partition coefficient (Wildman–Crippen LogP) is 2.69. The van der Waals surface area contributed by atoms with Crippen molar-refractivity contribution in [2.75, 3.05) is 11.4 Å². The van der Waals surface area contributed by atoms with E-state index in [0.717, 1.165) is 27.7 Å². The Morgan fingerprint density at radius 3 is 2.89 bits per heavy atom. The molecule has 98 valence electrons. The number of fused-ring (bicyclic) bond motifs is 1. The minimum Gasteiger partial charge on any atom is -0.306 e. The Labute approximate surface area is 120 Å². The summed E-state index contributed by atoms with van der Waals surface area (Å²) in [6.45, 7) is 2.73. The summed E-state index contributed by atoms with van der Waals surface area (Å²) in [6, 6.07) is 5.98. The molecule has 4 nitrogen and oxygen atoms in total. The van der Waals surface area contributed by atoms with Crippen LogP contribution in [0.4, 0.5) is 5.69 Å². The zero-order chi connectivity index (χ0) is 13.6. The fourth-order valence-electron chi connectivity index (χ4n) is 2.55. The average molecular weight is 320 g/mol. The Morgan fingerprint density at radius 1 is 1.37 bits per heavy atom. The molecule has 0 radical (unpaired) electrons. The molecule has 2 heterocycles. The van der Waals surface area contributed by atoms with Gasteiger partial charge in [-0.3, -0.25) is 9.48 Å². The van der Waals surface area contributed by atoms with Crippen molar-refractivity contribution in [3.63, 3.8) is 0 Å². The summed E-state index contributed by atoms with van der Waals surface area (Å²) in [4.78, 5) is 14.4. The van der Waals surface area contributed by atoms with Gasteiger partial charge in [0.1, 0.15) is 5.69 Å². The molecule has 0 unspecified atom stereocenters. The van der Waals surface area contributed by atoms with E-state index < -0.39 is 0 Å². The van der Waals surface area contributed by atoms with Crippen LogP contribution in [0.3, 0.4) is 0 Å². The number of halogens is 1. The van der Waals surface area contributed by atoms with Crippen molar-refractivity contribution >= 4 is 27.5 Å². The van der Waals surface area contributed by atoms with E-state index in [1.807, 2.05) is 37.1 Å². The van der Waals surface area contributed by atoms with Gasteiger partial charge >= 0.3 is 0 Å². The summed E-state index contributed by atoms with van der Waals surface area (Å²) in [5, 5.41) is 4.17. The normalized spacial score (nSPS) is 14.7. The molecular formula is C14H14BrN3O. The minimum atomic E-state index is 0.0340. The molecular weight excluding hydrogens is 306 g/mol. The summed E-state index contributed by atoms with van der Waals surface area (Å²) in [6.07, 6.45) is 2.64. The number of hydrogen-bond acceptors (Lipinski definition) is 2. The van der Waals surface area contributed by atoms with Crippen LogP contribution >= 0.6 is 15.9 Å². The van der Waals surface area contributed by atoms with Crippen molar-refractivity contribution in [1.82, 2.24) is 9.78 Å². The first-order valence-corrected chi connectivity index (χ1v) is 6.96. The topological polar surface area (TPSA) is 38.1 Å². The number of amides is 1. The third-order valence-electron chi connectivity index (χ3n) is 3.52. The molecule has 0 aliphatic carbocycles. The van der Waals surface area contributed by atoms with Gasteiger partial charge in [-0.1, -0.05) is 15.9 Å². The highest BCUT2D eigenvalue weighted by Crippen LogP contribution is 2.28. The predicted molar refractivity (Wildman–Crippen MR) is 77.5 cm³/mol. The van der Waals surface area contributed by atoms with Crippen LogP contribution < -0.4 is 4.90 Å². The number of nitrogens with zero attached hydrogens (tertiary/aromatic N) is 3. The molecule has 0 spiro atoms. The van der Waals surface area contributed by atoms with Crippen molar-refractivity contribution in [2.45, 2.75) is 13.3 Å². The first-order valence-electron chi connectivity index (χ1n) is 6.17. The van der Waals surface area contributed by atoms with Gasteiger partial charge in [0.05, 0.1) is 6.20 Å². The molecule has 0 bridgehead atoms. The van der Waals surface area contributed by atoms with Gasteiger partial charge in [-0.25, -0.2) is 0 Å². The van der Waals surface area contributed by atoms with Crippen LogP contribution in [0, 0.1) is 6.92 Å². The maximum Gasteiger partial charge on any atom is 0.276 e. The van der Waals surface area contributed by atoms with Crippen LogP contribution in [0.15, 0.2) is 28.9 Å². The Bertz CT molecular complexity index is 663. The largest absolute Gasteiger partial charge is 0.306 e. The molecule has 0 atom stereocenters. The summed E-state index contributed by atoms with van der Waals surface area (Å²) in [5.41, 5.74) is 3.81. The number of carbonyl (C=O) groups excluding carboxylic acids is 1. The molecule has 5 heteroatoms. The van der Waals surface area contributed by atoms with E-state index in [1.165, 1.54) is 0 Å². The fraction of sp³-hybridized carbons (Fsp3) is 0.286. The number of hydrogen-bond donors (Lipinski definition) is 0. The third kappa shape index (κ3) is 1.98. The van der Waals surface area contributed by atoms with Gasteiger partial charge < -0.3 is 4.90 Å². The highest BCUT2D eigenvalue weighted by atomic mass is 79.9. The second-order valence-electron chi connectivity index (χ2n) is 4.78. The quantitative estimate of drug-likeness (QED) is 0.810. The summed E-state index contributed by atoms with van der Waals surface area (Å²) in [7, 11) is 1.81. The molecule has 1 amide bonds. The SMILES string of the molecule is Cc1cc(Br)ccc1N1CCc2cnn(C)c2C1=O. The van der Waals surface area contributed by atoms with Gasteiger partial charge in [-0.15, -0.1) is 0 Å². The van der Waals surface area contributed by atoms with Gasteiger partial charge in [0.25, 0.3) is 5.91 Å². The Morgan fingerprint density at radius 2 is 2.16 bits per heavy atom. The lowest BCUT2D eigenvalue weighted by Crippen LogP contribution is -2.39. The Kier molecular flexibility index (Phi) is 2.93. The van der Waals surface area contributed by atoms with Gasteiger partial charge in [-0.05, 0) is 37.1 Å². The molecule has 1 aromatic heterocycles.